The molecule has 7 aromatic carbocycles. The molecule has 0 saturated carbocycles. The minimum Gasteiger partial charge on any atom is -0.254 e. The lowest BCUT2D eigenvalue weighted by molar-refractivity contribution is 1.37. The summed E-state index contributed by atoms with van der Waals surface area (Å²) in [7, 11) is 0. The number of pyridine rings is 3. The fourth-order valence-electron chi connectivity index (χ4n) is 7.52. The molecule has 0 aliphatic heterocycles. The summed E-state index contributed by atoms with van der Waals surface area (Å²) >= 11 is 0. The van der Waals surface area contributed by atoms with Crippen molar-refractivity contribution in [1.82, 2.24) is 15.0 Å². The van der Waals surface area contributed by atoms with Crippen LogP contribution in [0.5, 0.6) is 0 Å². The van der Waals surface area contributed by atoms with Gasteiger partial charge in [-0.05, 0) is 62.0 Å². The monoisotopic (exact) mass is 609 g/mol. The van der Waals surface area contributed by atoms with E-state index in [-0.39, 0.29) is 0 Å². The summed E-state index contributed by atoms with van der Waals surface area (Å²) in [5.41, 5.74) is 9.70. The van der Waals surface area contributed by atoms with Crippen LogP contribution in [0.15, 0.2) is 164 Å². The van der Waals surface area contributed by atoms with E-state index in [9.17, 15) is 0 Å². The molecule has 3 heterocycles. The van der Waals surface area contributed by atoms with Crippen LogP contribution in [0.3, 0.4) is 0 Å². The SMILES string of the molecule is c1ccc2c(c1)ccc1c(-c3ccc(-c4ccc(-c5ccnc6c5ccc5cccnc56)c5ccccc45)cc3)nc3ccccc3c12. The van der Waals surface area contributed by atoms with Gasteiger partial charge in [-0.3, -0.25) is 9.97 Å². The van der Waals surface area contributed by atoms with Crippen LogP contribution in [0.25, 0.3) is 98.5 Å². The maximum absolute atomic E-state index is 5.21. The van der Waals surface area contributed by atoms with Crippen molar-refractivity contribution in [3.8, 4) is 33.5 Å². The summed E-state index contributed by atoms with van der Waals surface area (Å²) in [4.78, 5) is 14.6. The molecule has 0 atom stereocenters. The maximum atomic E-state index is 5.21. The van der Waals surface area contributed by atoms with Crippen molar-refractivity contribution >= 4 is 65.0 Å². The molecular weight excluding hydrogens is 583 g/mol. The first kappa shape index (κ1) is 26.7. The van der Waals surface area contributed by atoms with Crippen molar-refractivity contribution in [3.05, 3.63) is 164 Å². The summed E-state index contributed by atoms with van der Waals surface area (Å²) in [6.07, 6.45) is 3.74. The standard InChI is InChI=1S/C45H27N3/c1-2-10-33-28(8-1)19-22-40-42(33)39-13-5-6-14-41(39)48-43(40)31-17-15-29(16-18-31)32-23-24-36(35-12-4-3-11-34(32)35)37-25-27-47-45-38(37)21-20-30-9-7-26-46-44(30)45/h1-27H. The Kier molecular flexibility index (Phi) is 5.87. The van der Waals surface area contributed by atoms with E-state index in [0.717, 1.165) is 44.1 Å². The molecule has 222 valence electrons. The summed E-state index contributed by atoms with van der Waals surface area (Å²) in [5, 5.41) is 10.7. The van der Waals surface area contributed by atoms with Crippen LogP contribution in [0.1, 0.15) is 0 Å². The van der Waals surface area contributed by atoms with Gasteiger partial charge in [0.25, 0.3) is 0 Å². The number of benzene rings is 7. The predicted molar refractivity (Wildman–Crippen MR) is 201 cm³/mol. The minimum atomic E-state index is 0.928. The highest BCUT2D eigenvalue weighted by molar-refractivity contribution is 6.22. The molecule has 48 heavy (non-hydrogen) atoms. The van der Waals surface area contributed by atoms with E-state index >= 15 is 0 Å². The molecule has 0 amide bonds. The summed E-state index contributed by atoms with van der Waals surface area (Å²) in [6, 6.07) is 54.2. The van der Waals surface area contributed by atoms with E-state index in [1.807, 2.05) is 18.5 Å². The first-order chi connectivity index (χ1) is 23.8. The van der Waals surface area contributed by atoms with Gasteiger partial charge in [0.1, 0.15) is 0 Å². The Bertz CT molecular complexity index is 2870. The van der Waals surface area contributed by atoms with Crippen LogP contribution >= 0.6 is 0 Å². The van der Waals surface area contributed by atoms with E-state index in [1.54, 1.807) is 0 Å². The molecule has 0 radical (unpaired) electrons. The molecule has 0 N–H and O–H groups in total. The van der Waals surface area contributed by atoms with Crippen molar-refractivity contribution < 1.29 is 0 Å². The Morgan fingerprint density at radius 1 is 0.333 bits per heavy atom. The van der Waals surface area contributed by atoms with Crippen molar-refractivity contribution in [2.45, 2.75) is 0 Å². The van der Waals surface area contributed by atoms with Gasteiger partial charge in [0.15, 0.2) is 0 Å². The van der Waals surface area contributed by atoms with Crippen LogP contribution in [0.2, 0.25) is 0 Å². The number of para-hydroxylation sites is 1. The van der Waals surface area contributed by atoms with Crippen molar-refractivity contribution in [2.75, 3.05) is 0 Å². The molecule has 0 aliphatic carbocycles. The van der Waals surface area contributed by atoms with Crippen LogP contribution < -0.4 is 0 Å². The zero-order chi connectivity index (χ0) is 31.6. The number of hydrogen-bond donors (Lipinski definition) is 0. The van der Waals surface area contributed by atoms with E-state index in [2.05, 4.69) is 151 Å². The number of hydrogen-bond acceptors (Lipinski definition) is 3. The Morgan fingerprint density at radius 3 is 1.83 bits per heavy atom. The molecule has 10 aromatic rings. The van der Waals surface area contributed by atoms with E-state index in [1.165, 1.54) is 54.4 Å². The topological polar surface area (TPSA) is 38.7 Å². The number of nitrogens with zero attached hydrogens (tertiary/aromatic N) is 3. The molecule has 0 spiro atoms. The Hall–Kier alpha value is -6.45. The van der Waals surface area contributed by atoms with Gasteiger partial charge in [-0.1, -0.05) is 133 Å². The largest absolute Gasteiger partial charge is 0.254 e. The highest BCUT2D eigenvalue weighted by Crippen LogP contribution is 2.41. The highest BCUT2D eigenvalue weighted by atomic mass is 14.7. The van der Waals surface area contributed by atoms with Crippen molar-refractivity contribution in [2.24, 2.45) is 0 Å². The molecule has 3 aromatic heterocycles. The van der Waals surface area contributed by atoms with Crippen LogP contribution in [0, 0.1) is 0 Å². The number of aromatic nitrogens is 3. The van der Waals surface area contributed by atoms with Gasteiger partial charge in [0, 0.05) is 44.9 Å². The van der Waals surface area contributed by atoms with Gasteiger partial charge in [0.05, 0.1) is 22.2 Å². The van der Waals surface area contributed by atoms with Gasteiger partial charge in [0.2, 0.25) is 0 Å². The Labute approximate surface area is 276 Å². The Morgan fingerprint density at radius 2 is 0.958 bits per heavy atom. The van der Waals surface area contributed by atoms with Crippen LogP contribution in [0.4, 0.5) is 0 Å². The minimum absolute atomic E-state index is 0.928. The molecule has 0 aliphatic rings. The first-order valence-electron chi connectivity index (χ1n) is 16.3. The molecule has 3 nitrogen and oxygen atoms in total. The molecule has 0 bridgehead atoms. The average molecular weight is 610 g/mol. The zero-order valence-corrected chi connectivity index (χ0v) is 25.9. The summed E-state index contributed by atoms with van der Waals surface area (Å²) in [6.45, 7) is 0. The molecule has 0 fully saturated rings. The van der Waals surface area contributed by atoms with Gasteiger partial charge >= 0.3 is 0 Å². The van der Waals surface area contributed by atoms with Crippen LogP contribution in [-0.2, 0) is 0 Å². The predicted octanol–water partition coefficient (Wildman–Crippen LogP) is 11.8. The van der Waals surface area contributed by atoms with Crippen LogP contribution in [-0.4, -0.2) is 15.0 Å². The molecule has 10 rings (SSSR count). The number of rotatable bonds is 3. The zero-order valence-electron chi connectivity index (χ0n) is 25.9. The maximum Gasteiger partial charge on any atom is 0.0970 e. The third-order valence-electron chi connectivity index (χ3n) is 9.76. The first-order valence-corrected chi connectivity index (χ1v) is 16.3. The second-order valence-electron chi connectivity index (χ2n) is 12.4. The van der Waals surface area contributed by atoms with E-state index < -0.39 is 0 Å². The summed E-state index contributed by atoms with van der Waals surface area (Å²) in [5.74, 6) is 0. The molecular formula is C45H27N3. The normalized spacial score (nSPS) is 11.8. The quantitative estimate of drug-likeness (QED) is 0.187. The van der Waals surface area contributed by atoms with Gasteiger partial charge in [-0.25, -0.2) is 4.98 Å². The Balaban J connectivity index is 1.12. The van der Waals surface area contributed by atoms with E-state index in [4.69, 9.17) is 9.97 Å². The van der Waals surface area contributed by atoms with Crippen molar-refractivity contribution in [3.63, 3.8) is 0 Å². The van der Waals surface area contributed by atoms with Gasteiger partial charge in [-0.15, -0.1) is 0 Å². The lowest BCUT2D eigenvalue weighted by atomic mass is 9.90. The molecule has 3 heteroatoms. The van der Waals surface area contributed by atoms with E-state index in [0.29, 0.717) is 0 Å². The fourth-order valence-corrected chi connectivity index (χ4v) is 7.52. The summed E-state index contributed by atoms with van der Waals surface area (Å²) < 4.78 is 0. The second-order valence-corrected chi connectivity index (χ2v) is 12.4. The average Bonchev–Trinajstić information content (AvgIpc) is 3.16. The van der Waals surface area contributed by atoms with Gasteiger partial charge in [-0.2, -0.15) is 0 Å². The lowest BCUT2D eigenvalue weighted by Gasteiger charge is -2.15. The second kappa shape index (κ2) is 10.5. The van der Waals surface area contributed by atoms with Crippen molar-refractivity contribution in [1.29, 1.82) is 0 Å². The highest BCUT2D eigenvalue weighted by Gasteiger charge is 2.16. The number of fused-ring (bicyclic) bond motifs is 9. The molecule has 0 unspecified atom stereocenters. The molecule has 0 saturated heterocycles. The fraction of sp³-hybridized carbons (Fsp3) is 0. The third kappa shape index (κ3) is 4.04. The van der Waals surface area contributed by atoms with Gasteiger partial charge < -0.3 is 0 Å². The third-order valence-corrected chi connectivity index (χ3v) is 9.76. The lowest BCUT2D eigenvalue weighted by Crippen LogP contribution is -1.92. The smallest absolute Gasteiger partial charge is 0.0970 e.